The third-order valence-corrected chi connectivity index (χ3v) is 4.94. The van der Waals surface area contributed by atoms with Crippen LogP contribution in [0.25, 0.3) is 0 Å². The smallest absolute Gasteiger partial charge is 0.251 e. The molecule has 1 unspecified atom stereocenters. The highest BCUT2D eigenvalue weighted by atomic mass is 16.2. The molecule has 1 atom stereocenters. The Balaban J connectivity index is 1.82. The minimum Gasteiger partial charge on any atom is -0.378 e. The number of aryl methyl sites for hydroxylation is 2. The summed E-state index contributed by atoms with van der Waals surface area (Å²) in [4.78, 5) is 27.1. The predicted octanol–water partition coefficient (Wildman–Crippen LogP) is 3.56. The van der Waals surface area contributed by atoms with Crippen molar-refractivity contribution in [1.82, 2.24) is 10.6 Å². The highest BCUT2D eigenvalue weighted by molar-refractivity contribution is 5.97. The number of anilines is 1. The zero-order valence-electron chi connectivity index (χ0n) is 18.2. The van der Waals surface area contributed by atoms with Crippen LogP contribution in [-0.4, -0.2) is 38.5 Å². The van der Waals surface area contributed by atoms with E-state index < -0.39 is 6.04 Å². The second-order valence-corrected chi connectivity index (χ2v) is 8.02. The summed E-state index contributed by atoms with van der Waals surface area (Å²) in [5, 5.41) is 5.84. The second kappa shape index (κ2) is 10.6. The van der Waals surface area contributed by atoms with Gasteiger partial charge in [0.2, 0.25) is 5.91 Å². The predicted molar refractivity (Wildman–Crippen MR) is 119 cm³/mol. The van der Waals surface area contributed by atoms with E-state index in [1.165, 1.54) is 11.3 Å². The van der Waals surface area contributed by atoms with Crippen LogP contribution in [0.2, 0.25) is 0 Å². The molecule has 0 aliphatic rings. The molecule has 5 nitrogen and oxygen atoms in total. The average Bonchev–Trinajstić information content (AvgIpc) is 2.69. The van der Waals surface area contributed by atoms with Crippen LogP contribution < -0.4 is 15.5 Å². The van der Waals surface area contributed by atoms with Crippen LogP contribution in [-0.2, 0) is 11.2 Å². The van der Waals surface area contributed by atoms with Gasteiger partial charge in [0, 0.05) is 31.9 Å². The number of carbonyl (C=O) groups excluding carboxylic acids is 2. The Morgan fingerprint density at radius 1 is 0.966 bits per heavy atom. The van der Waals surface area contributed by atoms with Gasteiger partial charge >= 0.3 is 0 Å². The molecule has 2 N–H and O–H groups in total. The summed E-state index contributed by atoms with van der Waals surface area (Å²) < 4.78 is 0. The third kappa shape index (κ3) is 6.93. The fraction of sp³-hybridized carbons (Fsp3) is 0.417. The zero-order chi connectivity index (χ0) is 21.4. The van der Waals surface area contributed by atoms with E-state index in [0.29, 0.717) is 12.1 Å². The summed E-state index contributed by atoms with van der Waals surface area (Å²) >= 11 is 0. The van der Waals surface area contributed by atoms with E-state index in [1.54, 1.807) is 12.1 Å². The first-order valence-electron chi connectivity index (χ1n) is 10.2. The molecule has 0 saturated carbocycles. The van der Waals surface area contributed by atoms with Crippen molar-refractivity contribution in [3.63, 3.8) is 0 Å². The quantitative estimate of drug-likeness (QED) is 0.638. The van der Waals surface area contributed by atoms with Gasteiger partial charge in [-0.1, -0.05) is 43.7 Å². The molecular formula is C24H33N3O2. The fourth-order valence-electron chi connectivity index (χ4n) is 3.04. The molecule has 0 aromatic heterocycles. The molecule has 0 aliphatic carbocycles. The van der Waals surface area contributed by atoms with Gasteiger partial charge in [0.15, 0.2) is 0 Å². The van der Waals surface area contributed by atoms with Gasteiger partial charge in [0.25, 0.3) is 5.91 Å². The Bertz CT molecular complexity index is 796. The monoisotopic (exact) mass is 395 g/mol. The van der Waals surface area contributed by atoms with Gasteiger partial charge in [-0.3, -0.25) is 9.59 Å². The van der Waals surface area contributed by atoms with Gasteiger partial charge < -0.3 is 15.5 Å². The van der Waals surface area contributed by atoms with Crippen LogP contribution in [0, 0.1) is 12.8 Å². The van der Waals surface area contributed by atoms with Crippen LogP contribution in [0.15, 0.2) is 48.5 Å². The Morgan fingerprint density at radius 2 is 1.59 bits per heavy atom. The van der Waals surface area contributed by atoms with E-state index in [0.717, 1.165) is 18.4 Å². The Kier molecular flexibility index (Phi) is 8.25. The second-order valence-electron chi connectivity index (χ2n) is 8.02. The first kappa shape index (κ1) is 22.5. The van der Waals surface area contributed by atoms with Crippen molar-refractivity contribution in [3.05, 3.63) is 65.2 Å². The molecular weight excluding hydrogens is 362 g/mol. The van der Waals surface area contributed by atoms with Crippen LogP contribution >= 0.6 is 0 Å². The molecule has 0 radical (unpaired) electrons. The molecule has 2 rings (SSSR count). The van der Waals surface area contributed by atoms with Crippen molar-refractivity contribution in [1.29, 1.82) is 0 Å². The molecule has 0 saturated heterocycles. The van der Waals surface area contributed by atoms with Gasteiger partial charge in [0.05, 0.1) is 0 Å². The SMILES string of the molecule is Cc1ccc(C(=O)NC(C(=O)NCCCc2ccc(N(C)C)cc2)C(C)C)cc1. The van der Waals surface area contributed by atoms with Gasteiger partial charge in [0.1, 0.15) is 6.04 Å². The number of benzene rings is 2. The maximum atomic E-state index is 12.6. The van der Waals surface area contributed by atoms with Crippen molar-refractivity contribution in [2.45, 2.75) is 39.7 Å². The molecule has 0 heterocycles. The molecule has 2 aromatic carbocycles. The van der Waals surface area contributed by atoms with Crippen molar-refractivity contribution >= 4 is 17.5 Å². The summed E-state index contributed by atoms with van der Waals surface area (Å²) in [6.07, 6.45) is 1.75. The zero-order valence-corrected chi connectivity index (χ0v) is 18.2. The number of nitrogens with zero attached hydrogens (tertiary/aromatic N) is 1. The number of rotatable bonds is 9. The van der Waals surface area contributed by atoms with Crippen molar-refractivity contribution in [2.75, 3.05) is 25.5 Å². The number of nitrogens with one attached hydrogen (secondary N) is 2. The van der Waals surface area contributed by atoms with Crippen molar-refractivity contribution in [3.8, 4) is 0 Å². The summed E-state index contributed by atoms with van der Waals surface area (Å²) in [5.74, 6) is -0.355. The van der Waals surface area contributed by atoms with Gasteiger partial charge in [-0.25, -0.2) is 0 Å². The lowest BCUT2D eigenvalue weighted by Gasteiger charge is -2.22. The maximum Gasteiger partial charge on any atom is 0.251 e. The fourth-order valence-corrected chi connectivity index (χ4v) is 3.04. The summed E-state index contributed by atoms with van der Waals surface area (Å²) in [7, 11) is 4.04. The Labute approximate surface area is 174 Å². The van der Waals surface area contributed by atoms with Crippen LogP contribution in [0.1, 0.15) is 41.8 Å². The van der Waals surface area contributed by atoms with Crippen molar-refractivity contribution in [2.24, 2.45) is 5.92 Å². The lowest BCUT2D eigenvalue weighted by Crippen LogP contribution is -2.49. The molecule has 29 heavy (non-hydrogen) atoms. The average molecular weight is 396 g/mol. The molecule has 0 spiro atoms. The number of carbonyl (C=O) groups is 2. The Hall–Kier alpha value is -2.82. The van der Waals surface area contributed by atoms with E-state index in [4.69, 9.17) is 0 Å². The summed E-state index contributed by atoms with van der Waals surface area (Å²) in [6, 6.07) is 15.2. The molecule has 156 valence electrons. The number of amides is 2. The first-order chi connectivity index (χ1) is 13.8. The highest BCUT2D eigenvalue weighted by Gasteiger charge is 2.24. The van der Waals surface area contributed by atoms with Crippen LogP contribution in [0.4, 0.5) is 5.69 Å². The van der Waals surface area contributed by atoms with Crippen LogP contribution in [0.3, 0.4) is 0 Å². The maximum absolute atomic E-state index is 12.6. The molecule has 2 aromatic rings. The first-order valence-corrected chi connectivity index (χ1v) is 10.2. The van der Waals surface area contributed by atoms with E-state index >= 15 is 0 Å². The topological polar surface area (TPSA) is 61.4 Å². The molecule has 0 aliphatic heterocycles. The molecule has 0 bridgehead atoms. The van der Waals surface area contributed by atoms with Crippen molar-refractivity contribution < 1.29 is 9.59 Å². The standard InChI is InChI=1S/C24H33N3O2/c1-17(2)22(26-23(28)20-12-8-18(3)9-13-20)24(29)25-16-6-7-19-10-14-21(15-11-19)27(4)5/h8-15,17,22H,6-7,16H2,1-5H3,(H,25,29)(H,26,28). The van der Waals surface area contributed by atoms with Gasteiger partial charge in [-0.2, -0.15) is 0 Å². The minimum absolute atomic E-state index is 0.00276. The van der Waals surface area contributed by atoms with E-state index in [2.05, 4.69) is 39.8 Å². The van der Waals surface area contributed by atoms with E-state index in [1.807, 2.05) is 47.0 Å². The molecule has 0 fully saturated rings. The minimum atomic E-state index is -0.553. The van der Waals surface area contributed by atoms with E-state index in [-0.39, 0.29) is 17.7 Å². The largest absolute Gasteiger partial charge is 0.378 e. The van der Waals surface area contributed by atoms with E-state index in [9.17, 15) is 9.59 Å². The molecule has 5 heteroatoms. The third-order valence-electron chi connectivity index (χ3n) is 4.94. The van der Waals surface area contributed by atoms with Gasteiger partial charge in [-0.05, 0) is 55.5 Å². The number of hydrogen-bond acceptors (Lipinski definition) is 3. The van der Waals surface area contributed by atoms with Crippen LogP contribution in [0.5, 0.6) is 0 Å². The summed E-state index contributed by atoms with van der Waals surface area (Å²) in [6.45, 7) is 6.43. The lowest BCUT2D eigenvalue weighted by atomic mass is 10.0. The van der Waals surface area contributed by atoms with Gasteiger partial charge in [-0.15, -0.1) is 0 Å². The lowest BCUT2D eigenvalue weighted by molar-refractivity contribution is -0.123. The molecule has 2 amide bonds. The summed E-state index contributed by atoms with van der Waals surface area (Å²) in [5.41, 5.74) is 4.08. The number of hydrogen-bond donors (Lipinski definition) is 2. The normalized spacial score (nSPS) is 11.8. The Morgan fingerprint density at radius 3 is 2.14 bits per heavy atom. The highest BCUT2D eigenvalue weighted by Crippen LogP contribution is 2.13.